The van der Waals surface area contributed by atoms with Gasteiger partial charge in [-0.05, 0) is 6.07 Å². The number of aliphatic carboxylic acids is 2. The average molecular weight is 283 g/mol. The molecule has 20 heavy (non-hydrogen) atoms. The number of carboxylic acids is 2. The van der Waals surface area contributed by atoms with E-state index in [1.807, 2.05) is 0 Å². The maximum Gasteiger partial charge on any atom is 0.335 e. The van der Waals surface area contributed by atoms with Gasteiger partial charge in [0.05, 0.1) is 5.56 Å². The maximum absolute atomic E-state index is 10.8. The fourth-order valence-electron chi connectivity index (χ4n) is 1.06. The summed E-state index contributed by atoms with van der Waals surface area (Å²) in [6.07, 6.45) is -1.48. The number of aromatic nitrogens is 1. The van der Waals surface area contributed by atoms with Crippen LogP contribution in [0.3, 0.4) is 0 Å². The fourth-order valence-corrected chi connectivity index (χ4v) is 1.06. The first-order valence-electron chi connectivity index (χ1n) is 5.06. The molecule has 0 unspecified atom stereocenters. The van der Waals surface area contributed by atoms with Gasteiger partial charge >= 0.3 is 11.9 Å². The highest BCUT2D eigenvalue weighted by Gasteiger charge is 2.29. The SMILES string of the molecule is O=C(O)[C@@H](O)[C@H](O)C(=O)O.O=C1N=Nc2ccncc21. The Hall–Kier alpha value is -2.72. The molecule has 0 radical (unpaired) electrons. The van der Waals surface area contributed by atoms with Gasteiger partial charge in [-0.15, -0.1) is 10.2 Å². The minimum Gasteiger partial charge on any atom is -0.479 e. The summed E-state index contributed by atoms with van der Waals surface area (Å²) < 4.78 is 0. The number of nitrogens with zero attached hydrogens (tertiary/aromatic N) is 3. The Labute approximate surface area is 111 Å². The van der Waals surface area contributed by atoms with E-state index in [1.165, 1.54) is 6.20 Å². The van der Waals surface area contributed by atoms with E-state index in [0.717, 1.165) is 0 Å². The number of aliphatic hydroxyl groups is 2. The summed E-state index contributed by atoms with van der Waals surface area (Å²) in [5.41, 5.74) is 1.10. The maximum atomic E-state index is 10.8. The Morgan fingerprint density at radius 2 is 1.60 bits per heavy atom. The fraction of sp³-hybridized carbons (Fsp3) is 0.200. The van der Waals surface area contributed by atoms with Crippen LogP contribution in [-0.2, 0) is 9.59 Å². The molecule has 1 amide bonds. The molecular formula is C10H9N3O7. The standard InChI is InChI=1S/C6H3N3O.C4H6O6/c10-6-4-3-7-2-1-5(4)8-9-6;5-1(3(7)8)2(6)4(9)10/h1-3H;1-2,5-6H,(H,7,8)(H,9,10)/t;1-,2-/m.0/s1. The third-order valence-corrected chi connectivity index (χ3v) is 2.08. The highest BCUT2D eigenvalue weighted by Crippen LogP contribution is 2.24. The number of carbonyl (C=O) groups excluding carboxylic acids is 1. The monoisotopic (exact) mass is 283 g/mol. The Morgan fingerprint density at radius 3 is 2.05 bits per heavy atom. The topological polar surface area (TPSA) is 170 Å². The highest BCUT2D eigenvalue weighted by atomic mass is 16.4. The third kappa shape index (κ3) is 3.63. The van der Waals surface area contributed by atoms with Gasteiger partial charge in [-0.3, -0.25) is 9.78 Å². The van der Waals surface area contributed by atoms with Gasteiger partial charge in [-0.2, -0.15) is 0 Å². The number of aliphatic hydroxyl groups excluding tert-OH is 2. The predicted octanol–water partition coefficient (Wildman–Crippen LogP) is -0.803. The second kappa shape index (κ2) is 6.45. The summed E-state index contributed by atoms with van der Waals surface area (Å²) >= 11 is 0. The molecule has 1 aromatic rings. The summed E-state index contributed by atoms with van der Waals surface area (Å²) in [5, 5.41) is 39.5. The van der Waals surface area contributed by atoms with Crippen LogP contribution >= 0.6 is 0 Å². The normalized spacial score (nSPS) is 14.8. The van der Waals surface area contributed by atoms with Crippen molar-refractivity contribution in [3.63, 3.8) is 0 Å². The summed E-state index contributed by atoms with van der Waals surface area (Å²) in [5.74, 6) is -3.84. The van der Waals surface area contributed by atoms with Crippen LogP contribution in [0, 0.1) is 0 Å². The molecule has 0 aromatic carbocycles. The predicted molar refractivity (Wildman–Crippen MR) is 60.4 cm³/mol. The van der Waals surface area contributed by atoms with Crippen molar-refractivity contribution >= 4 is 23.5 Å². The molecule has 4 N–H and O–H groups in total. The summed E-state index contributed by atoms with van der Waals surface area (Å²) in [6, 6.07) is 1.66. The van der Waals surface area contributed by atoms with E-state index < -0.39 is 24.1 Å². The molecule has 1 aromatic heterocycles. The molecule has 0 bridgehead atoms. The molecule has 0 fully saturated rings. The van der Waals surface area contributed by atoms with Gasteiger partial charge in [-0.1, -0.05) is 0 Å². The molecule has 2 heterocycles. The Balaban J connectivity index is 0.000000200. The largest absolute Gasteiger partial charge is 0.479 e. The van der Waals surface area contributed by atoms with Crippen molar-refractivity contribution < 1.29 is 34.8 Å². The third-order valence-electron chi connectivity index (χ3n) is 2.08. The molecule has 2 atom stereocenters. The van der Waals surface area contributed by atoms with Gasteiger partial charge in [0, 0.05) is 12.4 Å². The second-order valence-electron chi connectivity index (χ2n) is 3.46. The van der Waals surface area contributed by atoms with Gasteiger partial charge in [0.25, 0.3) is 5.91 Å². The first-order valence-corrected chi connectivity index (χ1v) is 5.06. The number of carbonyl (C=O) groups is 3. The van der Waals surface area contributed by atoms with E-state index in [1.54, 1.807) is 12.3 Å². The number of carboxylic acid groups (broad SMARTS) is 2. The molecule has 0 spiro atoms. The first kappa shape index (κ1) is 15.3. The zero-order chi connectivity index (χ0) is 15.3. The van der Waals surface area contributed by atoms with Gasteiger partial charge in [-0.25, -0.2) is 9.59 Å². The average Bonchev–Trinajstić information content (AvgIpc) is 2.80. The molecule has 2 rings (SSSR count). The van der Waals surface area contributed by atoms with Crippen LogP contribution in [0.1, 0.15) is 10.4 Å². The van der Waals surface area contributed by atoms with E-state index in [4.69, 9.17) is 20.4 Å². The highest BCUT2D eigenvalue weighted by molar-refractivity contribution is 6.01. The Bertz CT molecular complexity index is 554. The van der Waals surface area contributed by atoms with Gasteiger partial charge in [0.15, 0.2) is 12.2 Å². The van der Waals surface area contributed by atoms with Crippen molar-refractivity contribution in [1.82, 2.24) is 4.98 Å². The van der Waals surface area contributed by atoms with Crippen molar-refractivity contribution in [2.45, 2.75) is 12.2 Å². The van der Waals surface area contributed by atoms with Crippen LogP contribution in [0.25, 0.3) is 0 Å². The molecule has 1 aliphatic rings. The lowest BCUT2D eigenvalue weighted by Gasteiger charge is -2.07. The molecule has 10 heteroatoms. The molecule has 0 aliphatic carbocycles. The van der Waals surface area contributed by atoms with Crippen LogP contribution in [0.5, 0.6) is 0 Å². The second-order valence-corrected chi connectivity index (χ2v) is 3.46. The number of pyridine rings is 1. The molecule has 0 saturated heterocycles. The van der Waals surface area contributed by atoms with Crippen molar-refractivity contribution in [2.24, 2.45) is 10.2 Å². The minimum absolute atomic E-state index is 0.303. The van der Waals surface area contributed by atoms with Crippen molar-refractivity contribution in [3.8, 4) is 0 Å². The quantitative estimate of drug-likeness (QED) is 0.558. The van der Waals surface area contributed by atoms with E-state index >= 15 is 0 Å². The lowest BCUT2D eigenvalue weighted by Crippen LogP contribution is -2.39. The van der Waals surface area contributed by atoms with E-state index in [9.17, 15) is 14.4 Å². The number of azo groups is 1. The van der Waals surface area contributed by atoms with Gasteiger partial charge < -0.3 is 20.4 Å². The summed E-state index contributed by atoms with van der Waals surface area (Å²) in [7, 11) is 0. The number of fused-ring (bicyclic) bond motifs is 1. The zero-order valence-electron chi connectivity index (χ0n) is 9.74. The van der Waals surface area contributed by atoms with Crippen LogP contribution in [0.4, 0.5) is 5.69 Å². The van der Waals surface area contributed by atoms with Gasteiger partial charge in [0.1, 0.15) is 5.69 Å². The number of hydrogen-bond donors (Lipinski definition) is 4. The van der Waals surface area contributed by atoms with Crippen LogP contribution in [0.15, 0.2) is 28.7 Å². The van der Waals surface area contributed by atoms with E-state index in [-0.39, 0.29) is 5.91 Å². The molecular weight excluding hydrogens is 274 g/mol. The van der Waals surface area contributed by atoms with Crippen molar-refractivity contribution in [3.05, 3.63) is 24.0 Å². The van der Waals surface area contributed by atoms with E-state index in [2.05, 4.69) is 15.2 Å². The Kier molecular flexibility index (Phi) is 4.94. The lowest BCUT2D eigenvalue weighted by molar-refractivity contribution is -0.165. The van der Waals surface area contributed by atoms with Crippen LogP contribution < -0.4 is 0 Å². The zero-order valence-corrected chi connectivity index (χ0v) is 9.74. The number of hydrogen-bond acceptors (Lipinski definition) is 7. The summed E-state index contributed by atoms with van der Waals surface area (Å²) in [4.78, 5) is 34.1. The molecule has 106 valence electrons. The summed E-state index contributed by atoms with van der Waals surface area (Å²) in [6.45, 7) is 0. The van der Waals surface area contributed by atoms with Crippen molar-refractivity contribution in [2.75, 3.05) is 0 Å². The molecule has 10 nitrogen and oxygen atoms in total. The van der Waals surface area contributed by atoms with E-state index in [0.29, 0.717) is 11.3 Å². The number of amides is 1. The van der Waals surface area contributed by atoms with Crippen LogP contribution in [-0.4, -0.2) is 55.5 Å². The van der Waals surface area contributed by atoms with Crippen molar-refractivity contribution in [1.29, 1.82) is 0 Å². The molecule has 0 saturated carbocycles. The molecule has 1 aliphatic heterocycles. The number of rotatable bonds is 3. The van der Waals surface area contributed by atoms with Crippen LogP contribution in [0.2, 0.25) is 0 Å². The Morgan fingerprint density at radius 1 is 1.05 bits per heavy atom. The van der Waals surface area contributed by atoms with Gasteiger partial charge in [0.2, 0.25) is 0 Å². The lowest BCUT2D eigenvalue weighted by atomic mass is 10.2. The smallest absolute Gasteiger partial charge is 0.335 e. The first-order chi connectivity index (χ1) is 9.34. The minimum atomic E-state index is -2.27.